The standard InChI is InChI=1S/C18H21N3O4S/c1-3-10-20-26(24,25)16-9-5-7-14(12-16)18(23)21-15-8-4-6-13(11-15)17(22)19-2/h4-9,11-12,20H,3,10H2,1-2H3,(H,19,22)(H,21,23). The van der Waals surface area contributed by atoms with Crippen LogP contribution in [0.15, 0.2) is 53.4 Å². The average molecular weight is 375 g/mol. The summed E-state index contributed by atoms with van der Waals surface area (Å²) in [4.78, 5) is 24.1. The molecule has 26 heavy (non-hydrogen) atoms. The molecule has 0 atom stereocenters. The van der Waals surface area contributed by atoms with Crippen LogP contribution >= 0.6 is 0 Å². The second-order valence-electron chi connectivity index (χ2n) is 5.54. The molecule has 0 aromatic heterocycles. The van der Waals surface area contributed by atoms with Crippen molar-refractivity contribution in [2.24, 2.45) is 0 Å². The highest BCUT2D eigenvalue weighted by molar-refractivity contribution is 7.89. The lowest BCUT2D eigenvalue weighted by atomic mass is 10.1. The molecule has 2 rings (SSSR count). The third-order valence-electron chi connectivity index (χ3n) is 3.56. The Morgan fingerprint density at radius 2 is 1.62 bits per heavy atom. The molecule has 7 nitrogen and oxygen atoms in total. The van der Waals surface area contributed by atoms with E-state index in [1.807, 2.05) is 6.92 Å². The summed E-state index contributed by atoms with van der Waals surface area (Å²) in [6.07, 6.45) is 0.668. The maximum atomic E-state index is 12.4. The zero-order chi connectivity index (χ0) is 19.2. The third-order valence-corrected chi connectivity index (χ3v) is 5.02. The molecular weight excluding hydrogens is 354 g/mol. The number of nitrogens with one attached hydrogen (secondary N) is 3. The molecule has 0 fully saturated rings. The van der Waals surface area contributed by atoms with Crippen LogP contribution in [0, 0.1) is 0 Å². The first-order chi connectivity index (χ1) is 12.4. The zero-order valence-corrected chi connectivity index (χ0v) is 15.4. The Labute approximate surface area is 152 Å². The first-order valence-corrected chi connectivity index (χ1v) is 9.59. The van der Waals surface area contributed by atoms with Gasteiger partial charge < -0.3 is 10.6 Å². The van der Waals surface area contributed by atoms with Gasteiger partial charge in [0, 0.05) is 30.4 Å². The SMILES string of the molecule is CCCNS(=O)(=O)c1cccc(C(=O)Nc2cccc(C(=O)NC)c2)c1. The predicted molar refractivity (Wildman–Crippen MR) is 99.7 cm³/mol. The highest BCUT2D eigenvalue weighted by Crippen LogP contribution is 2.15. The molecule has 3 N–H and O–H groups in total. The van der Waals surface area contributed by atoms with Crippen LogP contribution in [0.4, 0.5) is 5.69 Å². The van der Waals surface area contributed by atoms with Gasteiger partial charge in [-0.15, -0.1) is 0 Å². The summed E-state index contributed by atoms with van der Waals surface area (Å²) in [6.45, 7) is 2.18. The van der Waals surface area contributed by atoms with Crippen molar-refractivity contribution in [3.05, 3.63) is 59.7 Å². The smallest absolute Gasteiger partial charge is 0.255 e. The molecule has 2 aromatic carbocycles. The van der Waals surface area contributed by atoms with Crippen LogP contribution < -0.4 is 15.4 Å². The fraction of sp³-hybridized carbons (Fsp3) is 0.222. The van der Waals surface area contributed by atoms with Gasteiger partial charge in [-0.1, -0.05) is 19.1 Å². The summed E-state index contributed by atoms with van der Waals surface area (Å²) in [5, 5.41) is 5.17. The van der Waals surface area contributed by atoms with Gasteiger partial charge in [-0.05, 0) is 42.8 Å². The first kappa shape index (κ1) is 19.6. The Morgan fingerprint density at radius 1 is 0.962 bits per heavy atom. The normalized spacial score (nSPS) is 11.0. The Bertz CT molecular complexity index is 910. The van der Waals surface area contributed by atoms with E-state index in [0.717, 1.165) is 0 Å². The van der Waals surface area contributed by atoms with Gasteiger partial charge >= 0.3 is 0 Å². The number of carbonyl (C=O) groups is 2. The Hall–Kier alpha value is -2.71. The van der Waals surface area contributed by atoms with E-state index < -0.39 is 15.9 Å². The minimum absolute atomic E-state index is 0.0257. The van der Waals surface area contributed by atoms with Gasteiger partial charge in [0.2, 0.25) is 10.0 Å². The molecule has 0 heterocycles. The van der Waals surface area contributed by atoms with Crippen LogP contribution in [0.3, 0.4) is 0 Å². The van der Waals surface area contributed by atoms with Gasteiger partial charge in [0.05, 0.1) is 4.90 Å². The topological polar surface area (TPSA) is 104 Å². The molecule has 0 aliphatic carbocycles. The van der Waals surface area contributed by atoms with E-state index in [-0.39, 0.29) is 16.4 Å². The van der Waals surface area contributed by atoms with Gasteiger partial charge in [0.15, 0.2) is 0 Å². The zero-order valence-electron chi connectivity index (χ0n) is 14.6. The lowest BCUT2D eigenvalue weighted by molar-refractivity contribution is 0.0961. The number of hydrogen-bond acceptors (Lipinski definition) is 4. The average Bonchev–Trinajstić information content (AvgIpc) is 2.66. The molecule has 2 amide bonds. The molecule has 0 saturated heterocycles. The van der Waals surface area contributed by atoms with E-state index in [2.05, 4.69) is 15.4 Å². The van der Waals surface area contributed by atoms with Crippen LogP contribution in [0.1, 0.15) is 34.1 Å². The van der Waals surface area contributed by atoms with Gasteiger partial charge in [-0.3, -0.25) is 9.59 Å². The summed E-state index contributed by atoms with van der Waals surface area (Å²) in [5.74, 6) is -0.734. The van der Waals surface area contributed by atoms with Crippen molar-refractivity contribution in [3.8, 4) is 0 Å². The number of sulfonamides is 1. The molecule has 2 aromatic rings. The van der Waals surface area contributed by atoms with E-state index in [1.165, 1.54) is 31.3 Å². The van der Waals surface area contributed by atoms with Gasteiger partial charge in [0.25, 0.3) is 11.8 Å². The highest BCUT2D eigenvalue weighted by Gasteiger charge is 2.16. The molecule has 0 aliphatic heterocycles. The lowest BCUT2D eigenvalue weighted by Crippen LogP contribution is -2.24. The first-order valence-electron chi connectivity index (χ1n) is 8.10. The number of benzene rings is 2. The van der Waals surface area contributed by atoms with Gasteiger partial charge in [-0.25, -0.2) is 13.1 Å². The van der Waals surface area contributed by atoms with E-state index in [0.29, 0.717) is 24.2 Å². The molecule has 138 valence electrons. The molecule has 0 radical (unpaired) electrons. The highest BCUT2D eigenvalue weighted by atomic mass is 32.2. The van der Waals surface area contributed by atoms with Crippen molar-refractivity contribution < 1.29 is 18.0 Å². The van der Waals surface area contributed by atoms with Crippen molar-refractivity contribution in [2.75, 3.05) is 18.9 Å². The number of hydrogen-bond donors (Lipinski definition) is 3. The molecule has 0 unspecified atom stereocenters. The van der Waals surface area contributed by atoms with Crippen LogP contribution in [-0.2, 0) is 10.0 Å². The number of rotatable bonds is 7. The second kappa shape index (κ2) is 8.59. The molecule has 0 bridgehead atoms. The van der Waals surface area contributed by atoms with Crippen molar-refractivity contribution >= 4 is 27.5 Å². The monoisotopic (exact) mass is 375 g/mol. The Kier molecular flexibility index (Phi) is 6.48. The van der Waals surface area contributed by atoms with Gasteiger partial charge in [0.1, 0.15) is 0 Å². The van der Waals surface area contributed by atoms with Gasteiger partial charge in [-0.2, -0.15) is 0 Å². The van der Waals surface area contributed by atoms with Crippen molar-refractivity contribution in [3.63, 3.8) is 0 Å². The van der Waals surface area contributed by atoms with E-state index in [1.54, 1.807) is 24.3 Å². The summed E-state index contributed by atoms with van der Waals surface area (Å²) in [7, 11) is -2.14. The molecule has 8 heteroatoms. The number of anilines is 1. The number of carbonyl (C=O) groups excluding carboxylic acids is 2. The molecule has 0 saturated carbocycles. The Balaban J connectivity index is 2.21. The maximum absolute atomic E-state index is 12.4. The summed E-state index contributed by atoms with van der Waals surface area (Å²) in [5.41, 5.74) is 1.05. The largest absolute Gasteiger partial charge is 0.355 e. The predicted octanol–water partition coefficient (Wildman–Crippen LogP) is 1.99. The van der Waals surface area contributed by atoms with Crippen molar-refractivity contribution in [2.45, 2.75) is 18.2 Å². The fourth-order valence-corrected chi connectivity index (χ4v) is 3.39. The third kappa shape index (κ3) is 4.90. The number of amides is 2. The Morgan fingerprint density at radius 3 is 2.27 bits per heavy atom. The maximum Gasteiger partial charge on any atom is 0.255 e. The minimum atomic E-state index is -3.66. The summed E-state index contributed by atoms with van der Waals surface area (Å²) < 4.78 is 26.8. The van der Waals surface area contributed by atoms with Crippen LogP contribution in [-0.4, -0.2) is 33.8 Å². The summed E-state index contributed by atoms with van der Waals surface area (Å²) >= 11 is 0. The van der Waals surface area contributed by atoms with Crippen LogP contribution in [0.5, 0.6) is 0 Å². The van der Waals surface area contributed by atoms with E-state index in [4.69, 9.17) is 0 Å². The van der Waals surface area contributed by atoms with Crippen molar-refractivity contribution in [1.29, 1.82) is 0 Å². The van der Waals surface area contributed by atoms with E-state index in [9.17, 15) is 18.0 Å². The molecule has 0 aliphatic rings. The van der Waals surface area contributed by atoms with E-state index >= 15 is 0 Å². The lowest BCUT2D eigenvalue weighted by Gasteiger charge is -2.09. The van der Waals surface area contributed by atoms with Crippen LogP contribution in [0.2, 0.25) is 0 Å². The fourth-order valence-electron chi connectivity index (χ4n) is 2.21. The quantitative estimate of drug-likeness (QED) is 0.688. The molecular formula is C18H21N3O4S. The molecule has 0 spiro atoms. The van der Waals surface area contributed by atoms with Crippen LogP contribution in [0.25, 0.3) is 0 Å². The summed E-state index contributed by atoms with van der Waals surface area (Å²) in [6, 6.07) is 12.2. The second-order valence-corrected chi connectivity index (χ2v) is 7.31. The van der Waals surface area contributed by atoms with Crippen molar-refractivity contribution in [1.82, 2.24) is 10.0 Å². The minimum Gasteiger partial charge on any atom is -0.355 e.